The molecule has 0 spiro atoms. The van der Waals surface area contributed by atoms with Crippen LogP contribution in [-0.4, -0.2) is 44.0 Å². The number of nitrogens with one attached hydrogen (secondary N) is 1. The van der Waals surface area contributed by atoms with Crippen LogP contribution < -0.4 is 5.32 Å². The van der Waals surface area contributed by atoms with E-state index in [9.17, 15) is 9.59 Å². The van der Waals surface area contributed by atoms with Gasteiger partial charge in [0.15, 0.2) is 16.1 Å². The van der Waals surface area contributed by atoms with E-state index in [2.05, 4.69) is 39.7 Å². The molecule has 3 aromatic heterocycles. The van der Waals surface area contributed by atoms with Crippen LogP contribution in [0.2, 0.25) is 0 Å². The van der Waals surface area contributed by atoms with Gasteiger partial charge >= 0.3 is 5.97 Å². The first-order valence-electron chi connectivity index (χ1n) is 9.41. The predicted octanol–water partition coefficient (Wildman–Crippen LogP) is 4.32. The monoisotopic (exact) mass is 465 g/mol. The lowest BCUT2D eigenvalue weighted by molar-refractivity contribution is -0.113. The summed E-state index contributed by atoms with van der Waals surface area (Å²) in [6.45, 7) is 10.7. The molecular weight excluding hydrogens is 442 g/mol. The van der Waals surface area contributed by atoms with Crippen molar-refractivity contribution in [2.45, 2.75) is 46.3 Å². The Hall–Kier alpha value is -2.24. The molecule has 11 heteroatoms. The number of carbonyl (C=O) groups is 2. The standard InChI is InChI=1S/C19H23N5O3S3/c1-6-24-16(13-8-28-12(5)10(13)3)22-23-19(24)29-9-14(25)21-18-20-11(4)15(30-18)17(26)27-7-2/h8H,6-7,9H2,1-5H3,(H,20,21,25). The normalized spacial score (nSPS) is 11.0. The highest BCUT2D eigenvalue weighted by Crippen LogP contribution is 2.31. The summed E-state index contributed by atoms with van der Waals surface area (Å²) in [4.78, 5) is 30.2. The summed E-state index contributed by atoms with van der Waals surface area (Å²) >= 11 is 4.12. The number of esters is 1. The smallest absolute Gasteiger partial charge is 0.350 e. The number of nitrogens with zero attached hydrogens (tertiary/aromatic N) is 4. The van der Waals surface area contributed by atoms with Gasteiger partial charge in [-0.1, -0.05) is 23.1 Å². The van der Waals surface area contributed by atoms with Crippen molar-refractivity contribution in [3.05, 3.63) is 26.4 Å². The summed E-state index contributed by atoms with van der Waals surface area (Å²) in [7, 11) is 0. The van der Waals surface area contributed by atoms with Crippen molar-refractivity contribution in [2.75, 3.05) is 17.7 Å². The number of anilines is 1. The van der Waals surface area contributed by atoms with Crippen molar-refractivity contribution in [1.29, 1.82) is 0 Å². The molecule has 0 aromatic carbocycles. The molecule has 0 unspecified atom stereocenters. The van der Waals surface area contributed by atoms with Gasteiger partial charge < -0.3 is 14.6 Å². The Morgan fingerprint density at radius 3 is 2.63 bits per heavy atom. The molecule has 0 saturated heterocycles. The Morgan fingerprint density at radius 2 is 2.00 bits per heavy atom. The van der Waals surface area contributed by atoms with Gasteiger partial charge in [0.2, 0.25) is 5.91 Å². The van der Waals surface area contributed by atoms with Gasteiger partial charge in [-0.2, -0.15) is 0 Å². The van der Waals surface area contributed by atoms with E-state index in [1.807, 2.05) is 11.5 Å². The zero-order chi connectivity index (χ0) is 21.8. The van der Waals surface area contributed by atoms with Crippen LogP contribution >= 0.6 is 34.4 Å². The van der Waals surface area contributed by atoms with Crippen LogP contribution in [0.1, 0.15) is 39.7 Å². The summed E-state index contributed by atoms with van der Waals surface area (Å²) in [5.74, 6) is 0.327. The van der Waals surface area contributed by atoms with Crippen LogP contribution in [0.5, 0.6) is 0 Å². The SMILES string of the molecule is CCOC(=O)c1sc(NC(=O)CSc2nnc(-c3csc(C)c3C)n2CC)nc1C. The summed E-state index contributed by atoms with van der Waals surface area (Å²) < 4.78 is 7.02. The third-order valence-corrected chi connectivity index (χ3v) is 7.43. The average molecular weight is 466 g/mol. The minimum absolute atomic E-state index is 0.160. The van der Waals surface area contributed by atoms with Gasteiger partial charge in [0.25, 0.3) is 0 Å². The number of aromatic nitrogens is 4. The minimum Gasteiger partial charge on any atom is -0.462 e. The van der Waals surface area contributed by atoms with Crippen molar-refractivity contribution in [1.82, 2.24) is 19.7 Å². The molecule has 3 rings (SSSR count). The second-order valence-electron chi connectivity index (χ2n) is 6.37. The fraction of sp³-hybridized carbons (Fsp3) is 0.421. The van der Waals surface area contributed by atoms with E-state index >= 15 is 0 Å². The number of ether oxygens (including phenoxy) is 1. The van der Waals surface area contributed by atoms with E-state index in [0.717, 1.165) is 22.7 Å². The maximum absolute atomic E-state index is 12.4. The van der Waals surface area contributed by atoms with Crippen LogP contribution in [0.4, 0.5) is 5.13 Å². The average Bonchev–Trinajstić information content (AvgIpc) is 3.38. The molecule has 0 aliphatic heterocycles. The van der Waals surface area contributed by atoms with Gasteiger partial charge in [0, 0.05) is 22.4 Å². The van der Waals surface area contributed by atoms with Gasteiger partial charge in [-0.05, 0) is 40.2 Å². The number of aryl methyl sites for hydroxylation is 2. The van der Waals surface area contributed by atoms with Gasteiger partial charge in [0.05, 0.1) is 18.1 Å². The molecule has 1 amide bonds. The van der Waals surface area contributed by atoms with E-state index in [1.54, 1.807) is 25.2 Å². The van der Waals surface area contributed by atoms with E-state index in [4.69, 9.17) is 4.74 Å². The molecule has 0 atom stereocenters. The second kappa shape index (κ2) is 9.71. The Balaban J connectivity index is 1.66. The van der Waals surface area contributed by atoms with Gasteiger partial charge in [-0.25, -0.2) is 9.78 Å². The fourth-order valence-electron chi connectivity index (χ4n) is 2.74. The number of hydrogen-bond donors (Lipinski definition) is 1. The number of hydrogen-bond acceptors (Lipinski definition) is 9. The highest BCUT2D eigenvalue weighted by molar-refractivity contribution is 7.99. The van der Waals surface area contributed by atoms with Crippen molar-refractivity contribution >= 4 is 51.4 Å². The van der Waals surface area contributed by atoms with Crippen LogP contribution in [0.3, 0.4) is 0 Å². The number of amides is 1. The first-order chi connectivity index (χ1) is 14.3. The molecule has 0 radical (unpaired) electrons. The third kappa shape index (κ3) is 4.73. The summed E-state index contributed by atoms with van der Waals surface area (Å²) in [5.41, 5.74) is 2.82. The number of thiophene rings is 1. The van der Waals surface area contributed by atoms with E-state index in [0.29, 0.717) is 34.0 Å². The Labute approximate surface area is 187 Å². The minimum atomic E-state index is -0.426. The van der Waals surface area contributed by atoms with Crippen LogP contribution in [-0.2, 0) is 16.1 Å². The number of thioether (sulfide) groups is 1. The molecule has 0 aliphatic rings. The van der Waals surface area contributed by atoms with Crippen LogP contribution in [0.15, 0.2) is 10.5 Å². The van der Waals surface area contributed by atoms with Gasteiger partial charge in [-0.15, -0.1) is 21.5 Å². The lowest BCUT2D eigenvalue weighted by Gasteiger charge is -2.07. The Kier molecular flexibility index (Phi) is 7.27. The van der Waals surface area contributed by atoms with Crippen molar-refractivity contribution < 1.29 is 14.3 Å². The van der Waals surface area contributed by atoms with Crippen molar-refractivity contribution in [2.24, 2.45) is 0 Å². The van der Waals surface area contributed by atoms with E-state index in [-0.39, 0.29) is 11.7 Å². The molecule has 160 valence electrons. The Morgan fingerprint density at radius 1 is 1.23 bits per heavy atom. The number of thiazole rings is 1. The zero-order valence-corrected chi connectivity index (χ0v) is 19.9. The first kappa shape index (κ1) is 22.4. The first-order valence-corrected chi connectivity index (χ1v) is 12.1. The van der Waals surface area contributed by atoms with Crippen molar-refractivity contribution in [3.63, 3.8) is 0 Å². The molecule has 8 nitrogen and oxygen atoms in total. The van der Waals surface area contributed by atoms with Gasteiger partial charge in [0.1, 0.15) is 4.88 Å². The molecule has 1 N–H and O–H groups in total. The predicted molar refractivity (Wildman–Crippen MR) is 121 cm³/mol. The topological polar surface area (TPSA) is 99.0 Å². The number of rotatable bonds is 8. The largest absolute Gasteiger partial charge is 0.462 e. The quantitative estimate of drug-likeness (QED) is 0.391. The molecule has 0 aliphatic carbocycles. The van der Waals surface area contributed by atoms with Crippen LogP contribution in [0, 0.1) is 20.8 Å². The molecule has 3 aromatic rings. The maximum Gasteiger partial charge on any atom is 0.350 e. The molecule has 30 heavy (non-hydrogen) atoms. The van der Waals surface area contributed by atoms with Gasteiger partial charge in [-0.3, -0.25) is 4.79 Å². The summed E-state index contributed by atoms with van der Waals surface area (Å²) in [5, 5.41) is 14.5. The lowest BCUT2D eigenvalue weighted by Crippen LogP contribution is -2.14. The van der Waals surface area contributed by atoms with Crippen LogP contribution in [0.25, 0.3) is 11.4 Å². The molecule has 3 heterocycles. The molecule has 0 fully saturated rings. The molecular formula is C19H23N5O3S3. The van der Waals surface area contributed by atoms with Crippen molar-refractivity contribution in [3.8, 4) is 11.4 Å². The van der Waals surface area contributed by atoms with E-state index < -0.39 is 5.97 Å². The highest BCUT2D eigenvalue weighted by atomic mass is 32.2. The summed E-state index contributed by atoms with van der Waals surface area (Å²) in [6, 6.07) is 0. The molecule has 0 saturated carbocycles. The lowest BCUT2D eigenvalue weighted by atomic mass is 10.1. The second-order valence-corrected chi connectivity index (χ2v) is 9.40. The summed E-state index contributed by atoms with van der Waals surface area (Å²) in [6.07, 6.45) is 0. The fourth-order valence-corrected chi connectivity index (χ4v) is 5.28. The van der Waals surface area contributed by atoms with E-state index in [1.165, 1.54) is 22.2 Å². The Bertz CT molecular complexity index is 1070. The maximum atomic E-state index is 12.4. The highest BCUT2D eigenvalue weighted by Gasteiger charge is 2.20. The zero-order valence-electron chi connectivity index (χ0n) is 17.4. The number of carbonyl (C=O) groups excluding carboxylic acids is 2. The third-order valence-electron chi connectivity index (χ3n) is 4.40. The molecule has 0 bridgehead atoms.